The Morgan fingerprint density at radius 3 is 2.71 bits per heavy atom. The van der Waals surface area contributed by atoms with Crippen LogP contribution in [0.3, 0.4) is 0 Å². The second kappa shape index (κ2) is 9.96. The summed E-state index contributed by atoms with van der Waals surface area (Å²) in [5.41, 5.74) is 0.0190. The van der Waals surface area contributed by atoms with E-state index in [9.17, 15) is 14.7 Å². The van der Waals surface area contributed by atoms with Gasteiger partial charge in [0.1, 0.15) is 6.10 Å². The smallest absolute Gasteiger partial charge is 0.407 e. The van der Waals surface area contributed by atoms with Crippen LogP contribution in [-0.4, -0.2) is 42.0 Å². The summed E-state index contributed by atoms with van der Waals surface area (Å²) < 4.78 is 11.2. The summed E-state index contributed by atoms with van der Waals surface area (Å²) >= 11 is 0. The second-order valence-corrected chi connectivity index (χ2v) is 13.7. The molecule has 0 radical (unpaired) electrons. The molecule has 0 spiro atoms. The highest BCUT2D eigenvalue weighted by Gasteiger charge is 2.67. The summed E-state index contributed by atoms with van der Waals surface area (Å²) in [7, 11) is 0. The van der Waals surface area contributed by atoms with Gasteiger partial charge >= 0.3 is 11.7 Å². The van der Waals surface area contributed by atoms with Crippen LogP contribution in [0.1, 0.15) is 102 Å². The Bertz CT molecular complexity index is 1060. The van der Waals surface area contributed by atoms with E-state index >= 15 is 0 Å². The maximum absolute atomic E-state index is 12.6. The van der Waals surface area contributed by atoms with Crippen LogP contribution in [0.25, 0.3) is 0 Å². The fraction of sp³-hybridized carbons (Fsp3) is 0.806. The molecule has 210 valence electrons. The van der Waals surface area contributed by atoms with Gasteiger partial charge in [0.15, 0.2) is 0 Å². The van der Waals surface area contributed by atoms with Gasteiger partial charge in [0.05, 0.1) is 11.9 Å². The molecule has 5 fully saturated rings. The van der Waals surface area contributed by atoms with Gasteiger partial charge in [0, 0.05) is 24.1 Å². The van der Waals surface area contributed by atoms with Crippen molar-refractivity contribution in [2.45, 2.75) is 115 Å². The minimum absolute atomic E-state index is 0.00974. The third-order valence-corrected chi connectivity index (χ3v) is 12.1. The summed E-state index contributed by atoms with van der Waals surface area (Å²) in [6, 6.07) is 3.78. The first-order valence-corrected chi connectivity index (χ1v) is 15.2. The van der Waals surface area contributed by atoms with Crippen molar-refractivity contribution in [3.05, 3.63) is 34.4 Å². The predicted octanol–water partition coefficient (Wildman–Crippen LogP) is 5.12. The number of aliphatic hydroxyl groups is 1. The number of piperidine rings is 1. The fourth-order valence-corrected chi connectivity index (χ4v) is 9.89. The van der Waals surface area contributed by atoms with Crippen LogP contribution in [0.4, 0.5) is 4.79 Å². The van der Waals surface area contributed by atoms with Crippen molar-refractivity contribution in [2.24, 2.45) is 28.6 Å². The van der Waals surface area contributed by atoms with Crippen molar-refractivity contribution in [2.75, 3.05) is 13.1 Å². The number of carbonyl (C=O) groups excluding carboxylic acids is 1. The van der Waals surface area contributed by atoms with Gasteiger partial charge in [-0.25, -0.2) is 9.59 Å². The topological polar surface area (TPSA) is 101 Å². The van der Waals surface area contributed by atoms with E-state index in [1.807, 2.05) is 6.07 Å². The average molecular weight is 527 g/mol. The third-order valence-electron chi connectivity index (χ3n) is 12.1. The van der Waals surface area contributed by atoms with Gasteiger partial charge in [-0.1, -0.05) is 20.3 Å². The normalized spacial score (nSPS) is 44.4. The zero-order valence-corrected chi connectivity index (χ0v) is 23.2. The highest BCUT2D eigenvalue weighted by molar-refractivity contribution is 5.67. The number of fused-ring (bicyclic) bond motifs is 5. The first kappa shape index (κ1) is 26.4. The summed E-state index contributed by atoms with van der Waals surface area (Å²) in [6.07, 6.45) is 13.8. The van der Waals surface area contributed by atoms with Gasteiger partial charge in [-0.3, -0.25) is 0 Å². The number of amides is 1. The molecule has 1 amide bonds. The van der Waals surface area contributed by atoms with E-state index < -0.39 is 5.60 Å². The monoisotopic (exact) mass is 526 g/mol. The number of ether oxygens (including phenoxy) is 1. The molecule has 1 saturated heterocycles. The first-order valence-electron chi connectivity index (χ1n) is 15.2. The van der Waals surface area contributed by atoms with Crippen molar-refractivity contribution in [3.8, 4) is 0 Å². The molecule has 4 aliphatic carbocycles. The SMILES string of the molecule is CC12CCC(OC(=O)NCC3CCCCN3)CC1CCC1C2CCC2(C)C(c3ccc(=O)oc3)CCC12O. The van der Waals surface area contributed by atoms with Gasteiger partial charge in [0.2, 0.25) is 0 Å². The van der Waals surface area contributed by atoms with Crippen LogP contribution in [0.15, 0.2) is 27.6 Å². The van der Waals surface area contributed by atoms with Crippen molar-refractivity contribution in [1.82, 2.24) is 10.6 Å². The Hall–Kier alpha value is -1.86. The van der Waals surface area contributed by atoms with E-state index in [4.69, 9.17) is 9.15 Å². The summed E-state index contributed by atoms with van der Waals surface area (Å²) in [5.74, 6) is 1.55. The van der Waals surface area contributed by atoms with E-state index in [0.717, 1.165) is 76.3 Å². The van der Waals surface area contributed by atoms with E-state index in [1.165, 1.54) is 18.9 Å². The number of carbonyl (C=O) groups is 1. The van der Waals surface area contributed by atoms with Crippen LogP contribution in [0.2, 0.25) is 0 Å². The van der Waals surface area contributed by atoms with E-state index in [0.29, 0.717) is 30.3 Å². The molecule has 7 heteroatoms. The molecule has 38 heavy (non-hydrogen) atoms. The van der Waals surface area contributed by atoms with E-state index in [1.54, 1.807) is 6.26 Å². The number of nitrogens with one attached hydrogen (secondary N) is 2. The van der Waals surface area contributed by atoms with Crippen LogP contribution in [0, 0.1) is 28.6 Å². The lowest BCUT2D eigenvalue weighted by molar-refractivity contribution is -0.205. The molecule has 6 rings (SSSR count). The van der Waals surface area contributed by atoms with E-state index in [2.05, 4.69) is 24.5 Å². The van der Waals surface area contributed by atoms with Crippen LogP contribution >= 0.6 is 0 Å². The first-order chi connectivity index (χ1) is 18.2. The van der Waals surface area contributed by atoms with Gasteiger partial charge in [-0.05, 0) is 118 Å². The number of rotatable bonds is 4. The number of hydrogen-bond donors (Lipinski definition) is 3. The molecular weight excluding hydrogens is 480 g/mol. The zero-order valence-electron chi connectivity index (χ0n) is 23.2. The lowest BCUT2D eigenvalue weighted by atomic mass is 9.43. The molecule has 4 saturated carbocycles. The molecular formula is C31H46N2O5. The van der Waals surface area contributed by atoms with Crippen molar-refractivity contribution >= 4 is 6.09 Å². The Morgan fingerprint density at radius 1 is 1.08 bits per heavy atom. The summed E-state index contributed by atoms with van der Waals surface area (Å²) in [4.78, 5) is 24.1. The predicted molar refractivity (Wildman–Crippen MR) is 145 cm³/mol. The Labute approximate surface area is 226 Å². The van der Waals surface area contributed by atoms with Crippen LogP contribution in [0.5, 0.6) is 0 Å². The minimum atomic E-state index is -0.689. The molecule has 7 nitrogen and oxygen atoms in total. The molecule has 0 aromatic carbocycles. The molecule has 9 atom stereocenters. The largest absolute Gasteiger partial charge is 0.446 e. The van der Waals surface area contributed by atoms with Gasteiger partial charge in [-0.2, -0.15) is 0 Å². The van der Waals surface area contributed by atoms with Crippen molar-refractivity contribution in [3.63, 3.8) is 0 Å². The van der Waals surface area contributed by atoms with Crippen molar-refractivity contribution < 1.29 is 19.1 Å². The maximum Gasteiger partial charge on any atom is 0.407 e. The maximum atomic E-state index is 12.6. The summed E-state index contributed by atoms with van der Waals surface area (Å²) in [5, 5.41) is 18.9. The van der Waals surface area contributed by atoms with E-state index in [-0.39, 0.29) is 34.6 Å². The number of alkyl carbamates (subject to hydrolysis) is 1. The Morgan fingerprint density at radius 2 is 1.95 bits per heavy atom. The molecule has 2 heterocycles. The molecule has 3 N–H and O–H groups in total. The Kier molecular flexibility index (Phi) is 6.91. The number of hydrogen-bond acceptors (Lipinski definition) is 6. The Balaban J connectivity index is 1.11. The van der Waals surface area contributed by atoms with Crippen molar-refractivity contribution in [1.29, 1.82) is 0 Å². The molecule has 0 bridgehead atoms. The molecule has 5 aliphatic rings. The highest BCUT2D eigenvalue weighted by Crippen LogP contribution is 2.70. The molecule has 1 aromatic heterocycles. The van der Waals surface area contributed by atoms with Gasteiger partial charge < -0.3 is 24.9 Å². The zero-order chi connectivity index (χ0) is 26.5. The van der Waals surface area contributed by atoms with Crippen LogP contribution in [-0.2, 0) is 4.74 Å². The standard InChI is InChI=1S/C31H46N2O5/c1-29-13-10-23(38-28(35)33-18-22-5-3-4-16-32-22)17-21(29)7-8-26-25(29)11-14-30(2)24(12-15-31(26,30)36)20-6-9-27(34)37-19-20/h6,9,19,21-26,32,36H,3-5,7-8,10-18H2,1-2H3,(H,33,35). The lowest BCUT2D eigenvalue weighted by Crippen LogP contribution is -2.62. The van der Waals surface area contributed by atoms with Crippen LogP contribution < -0.4 is 16.3 Å². The second-order valence-electron chi connectivity index (χ2n) is 13.7. The molecule has 9 unspecified atom stereocenters. The minimum Gasteiger partial charge on any atom is -0.446 e. The van der Waals surface area contributed by atoms with Gasteiger partial charge in [-0.15, -0.1) is 0 Å². The highest BCUT2D eigenvalue weighted by atomic mass is 16.6. The molecule has 1 aromatic rings. The molecule has 1 aliphatic heterocycles. The fourth-order valence-electron chi connectivity index (χ4n) is 9.89. The quantitative estimate of drug-likeness (QED) is 0.504. The van der Waals surface area contributed by atoms with Gasteiger partial charge in [0.25, 0.3) is 0 Å². The summed E-state index contributed by atoms with van der Waals surface area (Å²) in [6.45, 7) is 6.42. The third kappa shape index (κ3) is 4.32. The average Bonchev–Trinajstić information content (AvgIpc) is 3.20. The lowest BCUT2D eigenvalue weighted by Gasteiger charge is -2.63.